The van der Waals surface area contributed by atoms with Gasteiger partial charge in [-0.1, -0.05) is 35.9 Å². The van der Waals surface area contributed by atoms with Crippen molar-refractivity contribution in [1.29, 1.82) is 0 Å². The largest absolute Gasteiger partial charge is 0.466 e. The highest BCUT2D eigenvalue weighted by Crippen LogP contribution is 2.26. The van der Waals surface area contributed by atoms with E-state index in [-0.39, 0.29) is 11.9 Å². The Hall–Kier alpha value is -3.64. The Morgan fingerprint density at radius 2 is 1.70 bits per heavy atom. The minimum Gasteiger partial charge on any atom is -0.466 e. The number of hydrogen-bond acceptors (Lipinski definition) is 4. The molecule has 0 saturated heterocycles. The predicted octanol–water partition coefficient (Wildman–Crippen LogP) is 5.16. The number of amides is 1. The summed E-state index contributed by atoms with van der Waals surface area (Å²) in [5.74, 6) is 0.477. The molecule has 7 heteroatoms. The van der Waals surface area contributed by atoms with Crippen LogP contribution in [-0.4, -0.2) is 27.8 Å². The van der Waals surface area contributed by atoms with E-state index in [0.29, 0.717) is 22.1 Å². The topological polar surface area (TPSA) is 69.0 Å². The van der Waals surface area contributed by atoms with Gasteiger partial charge < -0.3 is 10.1 Å². The lowest BCUT2D eigenvalue weighted by atomic mass is 10.1. The van der Waals surface area contributed by atoms with Crippen molar-refractivity contribution in [2.24, 2.45) is 0 Å². The second-order valence-corrected chi connectivity index (χ2v) is 7.09. The minimum absolute atomic E-state index is 0.206. The Morgan fingerprint density at radius 3 is 2.37 bits per heavy atom. The standard InChI is InChI=1S/C23H19ClN4O2/c1-15-5-3-4-6-20(15)21-26-23(30-2)27-28(21)19-13-11-18(12-14-19)25-22(29)16-7-9-17(24)10-8-16/h3-14H,1-2H3,(H,25,29). The summed E-state index contributed by atoms with van der Waals surface area (Å²) in [7, 11) is 1.54. The Bertz CT molecular complexity index is 1180. The number of benzene rings is 3. The van der Waals surface area contributed by atoms with Crippen LogP contribution in [0.15, 0.2) is 72.8 Å². The lowest BCUT2D eigenvalue weighted by molar-refractivity contribution is 0.102. The predicted molar refractivity (Wildman–Crippen MR) is 117 cm³/mol. The summed E-state index contributed by atoms with van der Waals surface area (Å²) in [4.78, 5) is 16.9. The van der Waals surface area contributed by atoms with Crippen LogP contribution in [0.2, 0.25) is 5.02 Å². The fraction of sp³-hybridized carbons (Fsp3) is 0.0870. The van der Waals surface area contributed by atoms with Gasteiger partial charge in [0.25, 0.3) is 5.91 Å². The number of aromatic nitrogens is 3. The normalized spacial score (nSPS) is 10.6. The second-order valence-electron chi connectivity index (χ2n) is 6.66. The van der Waals surface area contributed by atoms with Crippen LogP contribution in [0.5, 0.6) is 6.01 Å². The molecule has 0 spiro atoms. The first-order valence-corrected chi connectivity index (χ1v) is 9.67. The van der Waals surface area contributed by atoms with Crippen LogP contribution >= 0.6 is 11.6 Å². The molecule has 6 nitrogen and oxygen atoms in total. The van der Waals surface area contributed by atoms with E-state index in [0.717, 1.165) is 16.8 Å². The number of halogens is 1. The Balaban J connectivity index is 1.61. The van der Waals surface area contributed by atoms with Crippen molar-refractivity contribution in [2.75, 3.05) is 12.4 Å². The van der Waals surface area contributed by atoms with Crippen LogP contribution in [0, 0.1) is 6.92 Å². The highest BCUT2D eigenvalue weighted by Gasteiger charge is 2.16. The number of anilines is 1. The maximum Gasteiger partial charge on any atom is 0.336 e. The molecule has 4 rings (SSSR count). The van der Waals surface area contributed by atoms with Crippen molar-refractivity contribution in [3.8, 4) is 23.1 Å². The summed E-state index contributed by atoms with van der Waals surface area (Å²) in [6.07, 6.45) is 0. The van der Waals surface area contributed by atoms with E-state index in [1.807, 2.05) is 55.5 Å². The third-order valence-corrected chi connectivity index (χ3v) is 4.88. The zero-order valence-electron chi connectivity index (χ0n) is 16.5. The third-order valence-electron chi connectivity index (χ3n) is 4.63. The SMILES string of the molecule is COc1nc(-c2ccccc2C)n(-c2ccc(NC(=O)c3ccc(Cl)cc3)cc2)n1. The van der Waals surface area contributed by atoms with Crippen molar-refractivity contribution < 1.29 is 9.53 Å². The summed E-state index contributed by atoms with van der Waals surface area (Å²) in [6, 6.07) is 22.4. The van der Waals surface area contributed by atoms with E-state index in [2.05, 4.69) is 15.4 Å². The fourth-order valence-corrected chi connectivity index (χ4v) is 3.17. The molecule has 4 aromatic rings. The average Bonchev–Trinajstić information content (AvgIpc) is 3.19. The lowest BCUT2D eigenvalue weighted by Crippen LogP contribution is -2.11. The molecule has 0 aliphatic heterocycles. The van der Waals surface area contributed by atoms with Crippen molar-refractivity contribution in [2.45, 2.75) is 6.92 Å². The van der Waals surface area contributed by atoms with E-state index < -0.39 is 0 Å². The van der Waals surface area contributed by atoms with Gasteiger partial charge >= 0.3 is 6.01 Å². The van der Waals surface area contributed by atoms with Gasteiger partial charge in [0.15, 0.2) is 5.82 Å². The lowest BCUT2D eigenvalue weighted by Gasteiger charge is -2.09. The summed E-state index contributed by atoms with van der Waals surface area (Å²) in [5, 5.41) is 7.91. The summed E-state index contributed by atoms with van der Waals surface area (Å²) in [6.45, 7) is 2.02. The first-order chi connectivity index (χ1) is 14.5. The van der Waals surface area contributed by atoms with Gasteiger partial charge in [0, 0.05) is 21.8 Å². The zero-order valence-corrected chi connectivity index (χ0v) is 17.2. The molecule has 0 fully saturated rings. The van der Waals surface area contributed by atoms with Crippen LogP contribution in [0.3, 0.4) is 0 Å². The van der Waals surface area contributed by atoms with Crippen LogP contribution in [0.25, 0.3) is 17.1 Å². The second kappa shape index (κ2) is 8.39. The number of ether oxygens (including phenoxy) is 1. The number of carbonyl (C=O) groups excluding carboxylic acids is 1. The molecule has 3 aromatic carbocycles. The molecule has 0 aliphatic rings. The van der Waals surface area contributed by atoms with Crippen LogP contribution in [0.4, 0.5) is 5.69 Å². The number of carbonyl (C=O) groups is 1. The minimum atomic E-state index is -0.206. The number of nitrogens with zero attached hydrogens (tertiary/aromatic N) is 3. The molecule has 0 aliphatic carbocycles. The molecule has 0 radical (unpaired) electrons. The van der Waals surface area contributed by atoms with E-state index >= 15 is 0 Å². The quantitative estimate of drug-likeness (QED) is 0.486. The number of hydrogen-bond donors (Lipinski definition) is 1. The molecular formula is C23H19ClN4O2. The first-order valence-electron chi connectivity index (χ1n) is 9.29. The van der Waals surface area contributed by atoms with Crippen molar-refractivity contribution >= 4 is 23.2 Å². The van der Waals surface area contributed by atoms with Gasteiger partial charge in [0.1, 0.15) is 0 Å². The number of methoxy groups -OCH3 is 1. The van der Waals surface area contributed by atoms with Gasteiger partial charge in [-0.3, -0.25) is 4.79 Å². The Kier molecular flexibility index (Phi) is 5.50. The van der Waals surface area contributed by atoms with Crippen LogP contribution in [0.1, 0.15) is 15.9 Å². The highest BCUT2D eigenvalue weighted by atomic mass is 35.5. The van der Waals surface area contributed by atoms with Crippen molar-refractivity contribution in [3.05, 3.63) is 88.9 Å². The molecule has 0 unspecified atom stereocenters. The number of nitrogens with one attached hydrogen (secondary N) is 1. The molecule has 1 aromatic heterocycles. The molecule has 0 saturated carbocycles. The number of aryl methyl sites for hydroxylation is 1. The van der Waals surface area contributed by atoms with Gasteiger partial charge in [-0.25, -0.2) is 4.68 Å². The fourth-order valence-electron chi connectivity index (χ4n) is 3.05. The molecule has 0 atom stereocenters. The summed E-state index contributed by atoms with van der Waals surface area (Å²) >= 11 is 5.88. The van der Waals surface area contributed by atoms with Gasteiger partial charge in [0.2, 0.25) is 0 Å². The maximum absolute atomic E-state index is 12.4. The van der Waals surface area contributed by atoms with E-state index in [1.165, 1.54) is 7.11 Å². The number of rotatable bonds is 5. The molecule has 30 heavy (non-hydrogen) atoms. The average molecular weight is 419 g/mol. The molecule has 150 valence electrons. The van der Waals surface area contributed by atoms with Crippen LogP contribution in [-0.2, 0) is 0 Å². The van der Waals surface area contributed by atoms with E-state index in [1.54, 1.807) is 28.9 Å². The molecular weight excluding hydrogens is 400 g/mol. The maximum atomic E-state index is 12.4. The highest BCUT2D eigenvalue weighted by molar-refractivity contribution is 6.30. The zero-order chi connectivity index (χ0) is 21.1. The first kappa shape index (κ1) is 19.7. The van der Waals surface area contributed by atoms with Gasteiger partial charge in [-0.05, 0) is 61.0 Å². The van der Waals surface area contributed by atoms with E-state index in [4.69, 9.17) is 16.3 Å². The molecule has 0 bridgehead atoms. The van der Waals surface area contributed by atoms with Gasteiger partial charge in [0.05, 0.1) is 12.8 Å². The van der Waals surface area contributed by atoms with Gasteiger partial charge in [-0.2, -0.15) is 4.98 Å². The van der Waals surface area contributed by atoms with Crippen molar-refractivity contribution in [1.82, 2.24) is 14.8 Å². The van der Waals surface area contributed by atoms with Crippen molar-refractivity contribution in [3.63, 3.8) is 0 Å². The molecule has 1 amide bonds. The summed E-state index contributed by atoms with van der Waals surface area (Å²) in [5.41, 5.74) is 4.05. The molecule has 1 heterocycles. The Labute approximate surface area is 179 Å². The summed E-state index contributed by atoms with van der Waals surface area (Å²) < 4.78 is 6.97. The third kappa shape index (κ3) is 4.04. The van der Waals surface area contributed by atoms with E-state index in [9.17, 15) is 4.79 Å². The Morgan fingerprint density at radius 1 is 1.00 bits per heavy atom. The molecule has 1 N–H and O–H groups in total. The monoisotopic (exact) mass is 418 g/mol. The smallest absolute Gasteiger partial charge is 0.336 e. The van der Waals surface area contributed by atoms with Crippen LogP contribution < -0.4 is 10.1 Å². The van der Waals surface area contributed by atoms with Gasteiger partial charge in [-0.15, -0.1) is 5.10 Å².